The third kappa shape index (κ3) is 2.68. The highest BCUT2D eigenvalue weighted by Crippen LogP contribution is 2.25. The van der Waals surface area contributed by atoms with Crippen molar-refractivity contribution < 1.29 is 4.74 Å². The van der Waals surface area contributed by atoms with Crippen LogP contribution in [0.1, 0.15) is 0 Å². The Morgan fingerprint density at radius 3 is 2.48 bits per heavy atom. The molecule has 3 aromatic rings. The molecular formula is C18H17N2O. The molecule has 0 aliphatic heterocycles. The first-order chi connectivity index (χ1) is 10.2. The molecule has 0 atom stereocenters. The standard InChI is InChI=1S/C18H17N2O/c1-20(2)15-8-4-13(5-9-15)17-11-7-14-6-10-16(21-3)12-18(14)19-17/h4-10,12H,1-3H3. The van der Waals surface area contributed by atoms with E-state index in [0.717, 1.165) is 27.9 Å². The Morgan fingerprint density at radius 2 is 1.81 bits per heavy atom. The van der Waals surface area contributed by atoms with Crippen molar-refractivity contribution >= 4 is 16.6 Å². The average molecular weight is 277 g/mol. The highest BCUT2D eigenvalue weighted by atomic mass is 16.5. The lowest BCUT2D eigenvalue weighted by atomic mass is 10.1. The molecule has 0 fully saturated rings. The van der Waals surface area contributed by atoms with E-state index in [1.807, 2.05) is 38.4 Å². The van der Waals surface area contributed by atoms with Crippen LogP contribution < -0.4 is 9.64 Å². The van der Waals surface area contributed by atoms with E-state index in [1.165, 1.54) is 5.69 Å². The molecule has 1 heterocycles. The smallest absolute Gasteiger partial charge is 0.121 e. The Bertz CT molecular complexity index is 764. The summed E-state index contributed by atoms with van der Waals surface area (Å²) in [4.78, 5) is 6.76. The maximum atomic E-state index is 5.25. The van der Waals surface area contributed by atoms with Crippen molar-refractivity contribution in [3.05, 3.63) is 54.6 Å². The second-order valence-electron chi connectivity index (χ2n) is 5.12. The largest absolute Gasteiger partial charge is 0.497 e. The number of fused-ring (bicyclic) bond motifs is 1. The van der Waals surface area contributed by atoms with Crippen LogP contribution in [-0.2, 0) is 0 Å². The Kier molecular flexibility index (Phi) is 3.48. The van der Waals surface area contributed by atoms with Crippen LogP contribution in [-0.4, -0.2) is 26.2 Å². The van der Waals surface area contributed by atoms with Gasteiger partial charge in [0, 0.05) is 42.9 Å². The van der Waals surface area contributed by atoms with E-state index >= 15 is 0 Å². The van der Waals surface area contributed by atoms with Crippen LogP contribution in [0.5, 0.6) is 5.75 Å². The highest BCUT2D eigenvalue weighted by Gasteiger charge is 2.04. The molecule has 0 spiro atoms. The van der Waals surface area contributed by atoms with Gasteiger partial charge in [0.05, 0.1) is 18.3 Å². The lowest BCUT2D eigenvalue weighted by Crippen LogP contribution is -2.07. The Labute approximate surface area is 124 Å². The molecule has 0 saturated heterocycles. The number of hydrogen-bond donors (Lipinski definition) is 0. The van der Waals surface area contributed by atoms with Crippen LogP contribution in [0.3, 0.4) is 0 Å². The molecule has 0 aliphatic rings. The van der Waals surface area contributed by atoms with Crippen LogP contribution in [0.25, 0.3) is 22.2 Å². The van der Waals surface area contributed by atoms with Gasteiger partial charge in [0.2, 0.25) is 0 Å². The third-order valence-electron chi connectivity index (χ3n) is 3.49. The Morgan fingerprint density at radius 1 is 1.05 bits per heavy atom. The fraction of sp³-hybridized carbons (Fsp3) is 0.167. The minimum Gasteiger partial charge on any atom is -0.497 e. The number of methoxy groups -OCH3 is 1. The minimum atomic E-state index is 0.815. The number of hydrogen-bond acceptors (Lipinski definition) is 3. The van der Waals surface area contributed by atoms with Gasteiger partial charge in [0.25, 0.3) is 0 Å². The fourth-order valence-corrected chi connectivity index (χ4v) is 2.23. The van der Waals surface area contributed by atoms with E-state index < -0.39 is 0 Å². The minimum absolute atomic E-state index is 0.815. The molecule has 2 aromatic carbocycles. The summed E-state index contributed by atoms with van der Waals surface area (Å²) in [6.45, 7) is 0. The van der Waals surface area contributed by atoms with Gasteiger partial charge in [-0.1, -0.05) is 12.1 Å². The number of anilines is 1. The molecule has 0 saturated carbocycles. The SMILES string of the molecule is COc1ccc2c[c]c(-c3ccc(N(C)C)cc3)nc2c1. The number of nitrogens with zero attached hydrogens (tertiary/aromatic N) is 2. The Hall–Kier alpha value is -2.55. The molecule has 0 N–H and O–H groups in total. The topological polar surface area (TPSA) is 25.4 Å². The maximum absolute atomic E-state index is 5.25. The molecule has 3 nitrogen and oxygen atoms in total. The summed E-state index contributed by atoms with van der Waals surface area (Å²) in [6, 6.07) is 19.4. The summed E-state index contributed by atoms with van der Waals surface area (Å²) in [5.74, 6) is 0.815. The van der Waals surface area contributed by atoms with Crippen LogP contribution in [0.4, 0.5) is 5.69 Å². The zero-order chi connectivity index (χ0) is 14.8. The van der Waals surface area contributed by atoms with Crippen LogP contribution in [0.15, 0.2) is 48.5 Å². The first kappa shape index (κ1) is 13.4. The molecule has 105 valence electrons. The fourth-order valence-electron chi connectivity index (χ4n) is 2.23. The monoisotopic (exact) mass is 277 g/mol. The molecule has 0 aliphatic carbocycles. The second-order valence-corrected chi connectivity index (χ2v) is 5.12. The molecule has 0 bridgehead atoms. The van der Waals surface area contributed by atoms with Gasteiger partial charge >= 0.3 is 0 Å². The second kappa shape index (κ2) is 5.44. The van der Waals surface area contributed by atoms with Crippen LogP contribution >= 0.6 is 0 Å². The molecule has 3 rings (SSSR count). The lowest BCUT2D eigenvalue weighted by Gasteiger charge is -2.12. The zero-order valence-electron chi connectivity index (χ0n) is 12.4. The summed E-state index contributed by atoms with van der Waals surface area (Å²) >= 11 is 0. The third-order valence-corrected chi connectivity index (χ3v) is 3.49. The van der Waals surface area contributed by atoms with Crippen LogP contribution in [0, 0.1) is 6.07 Å². The number of ether oxygens (including phenoxy) is 1. The maximum Gasteiger partial charge on any atom is 0.121 e. The summed E-state index contributed by atoms with van der Waals surface area (Å²) in [7, 11) is 5.72. The molecule has 1 radical (unpaired) electrons. The van der Waals surface area contributed by atoms with Crippen molar-refractivity contribution in [2.75, 3.05) is 26.1 Å². The summed E-state index contributed by atoms with van der Waals surface area (Å²) in [6.07, 6.45) is 0. The molecule has 0 amide bonds. The van der Waals surface area contributed by atoms with Gasteiger partial charge in [-0.2, -0.15) is 0 Å². The van der Waals surface area contributed by atoms with Crippen molar-refractivity contribution in [3.8, 4) is 17.0 Å². The van der Waals surface area contributed by atoms with Crippen molar-refractivity contribution in [2.24, 2.45) is 0 Å². The number of aromatic nitrogens is 1. The molecular weight excluding hydrogens is 260 g/mol. The van der Waals surface area contributed by atoms with E-state index in [-0.39, 0.29) is 0 Å². The number of benzene rings is 2. The van der Waals surface area contributed by atoms with Crippen molar-refractivity contribution in [1.29, 1.82) is 0 Å². The summed E-state index contributed by atoms with van der Waals surface area (Å²) in [5, 5.41) is 1.06. The van der Waals surface area contributed by atoms with E-state index in [2.05, 4.69) is 40.2 Å². The van der Waals surface area contributed by atoms with E-state index in [4.69, 9.17) is 4.74 Å². The van der Waals surface area contributed by atoms with E-state index in [9.17, 15) is 0 Å². The van der Waals surface area contributed by atoms with Gasteiger partial charge in [-0.25, -0.2) is 4.98 Å². The zero-order valence-corrected chi connectivity index (χ0v) is 12.4. The van der Waals surface area contributed by atoms with Crippen molar-refractivity contribution in [3.63, 3.8) is 0 Å². The normalized spacial score (nSPS) is 10.6. The first-order valence-corrected chi connectivity index (χ1v) is 6.81. The van der Waals surface area contributed by atoms with E-state index in [1.54, 1.807) is 7.11 Å². The molecule has 0 unspecified atom stereocenters. The van der Waals surface area contributed by atoms with Gasteiger partial charge in [-0.3, -0.25) is 0 Å². The Balaban J connectivity index is 2.03. The highest BCUT2D eigenvalue weighted by molar-refractivity contribution is 5.82. The predicted octanol–water partition coefficient (Wildman–Crippen LogP) is 3.78. The molecule has 21 heavy (non-hydrogen) atoms. The van der Waals surface area contributed by atoms with Crippen LogP contribution in [0.2, 0.25) is 0 Å². The molecule has 1 aromatic heterocycles. The van der Waals surface area contributed by atoms with Gasteiger partial charge in [0.1, 0.15) is 5.75 Å². The first-order valence-electron chi connectivity index (χ1n) is 6.81. The molecule has 3 heteroatoms. The van der Waals surface area contributed by atoms with Crippen molar-refractivity contribution in [1.82, 2.24) is 4.98 Å². The quantitative estimate of drug-likeness (QED) is 0.728. The number of rotatable bonds is 3. The van der Waals surface area contributed by atoms with Crippen molar-refractivity contribution in [2.45, 2.75) is 0 Å². The average Bonchev–Trinajstić information content (AvgIpc) is 2.53. The lowest BCUT2D eigenvalue weighted by molar-refractivity contribution is 0.415. The number of pyridine rings is 1. The predicted molar refractivity (Wildman–Crippen MR) is 86.9 cm³/mol. The summed E-state index contributed by atoms with van der Waals surface area (Å²) < 4.78 is 5.25. The summed E-state index contributed by atoms with van der Waals surface area (Å²) in [5.41, 5.74) is 3.99. The van der Waals surface area contributed by atoms with Gasteiger partial charge in [-0.15, -0.1) is 0 Å². The van der Waals surface area contributed by atoms with Gasteiger partial charge < -0.3 is 9.64 Å². The van der Waals surface area contributed by atoms with Gasteiger partial charge in [0.15, 0.2) is 0 Å². The van der Waals surface area contributed by atoms with E-state index in [0.29, 0.717) is 0 Å². The van der Waals surface area contributed by atoms with Gasteiger partial charge in [-0.05, 0) is 30.3 Å².